The van der Waals surface area contributed by atoms with Crippen LogP contribution >= 0.6 is 0 Å². The number of hydrogen-bond donors (Lipinski definition) is 1. The van der Waals surface area contributed by atoms with E-state index in [0.29, 0.717) is 0 Å². The topological polar surface area (TPSA) is 37.3 Å². The van der Waals surface area contributed by atoms with Crippen molar-refractivity contribution in [2.45, 2.75) is 25.7 Å². The quantitative estimate of drug-likeness (QED) is 0.618. The lowest BCUT2D eigenvalue weighted by Crippen LogP contribution is -2.25. The minimum atomic E-state index is -0.658. The molecule has 62 valence electrons. The smallest absolute Gasteiger partial charge is 0.307 e. The number of carboxylic acid groups (broad SMARTS) is 1. The van der Waals surface area contributed by atoms with Crippen LogP contribution in [0.2, 0.25) is 0 Å². The molecule has 1 fully saturated rings. The summed E-state index contributed by atoms with van der Waals surface area (Å²) in [5.74, 6) is -0.614. The van der Waals surface area contributed by atoms with Gasteiger partial charge in [-0.05, 0) is 18.8 Å². The Morgan fingerprint density at radius 1 is 1.45 bits per heavy atom. The van der Waals surface area contributed by atoms with E-state index in [1.54, 1.807) is 6.08 Å². The third-order valence-electron chi connectivity index (χ3n) is 2.44. The molecule has 2 heteroatoms. The zero-order chi connectivity index (χ0) is 8.27. The Morgan fingerprint density at radius 3 is 2.55 bits per heavy atom. The van der Waals surface area contributed by atoms with E-state index < -0.39 is 5.97 Å². The van der Waals surface area contributed by atoms with Gasteiger partial charge >= 0.3 is 5.97 Å². The first kappa shape index (κ1) is 8.31. The highest BCUT2D eigenvalue weighted by atomic mass is 16.4. The standard InChI is InChI=1S/C9H14O2/c1-2-7-5-3-4-6-8(7)9(10)11/h2,7-8H,1,3-6H2,(H,10,11)/t7-,8+/m1/s1. The van der Waals surface area contributed by atoms with Crippen molar-refractivity contribution < 1.29 is 9.90 Å². The van der Waals surface area contributed by atoms with Gasteiger partial charge in [0, 0.05) is 0 Å². The van der Waals surface area contributed by atoms with Gasteiger partial charge in [0.25, 0.3) is 0 Å². The van der Waals surface area contributed by atoms with E-state index in [0.717, 1.165) is 25.7 Å². The molecule has 1 N–H and O–H groups in total. The predicted molar refractivity (Wildman–Crippen MR) is 43.3 cm³/mol. The largest absolute Gasteiger partial charge is 0.481 e. The van der Waals surface area contributed by atoms with Crippen LogP contribution in [0.15, 0.2) is 12.7 Å². The molecule has 0 aromatic carbocycles. The zero-order valence-corrected chi connectivity index (χ0v) is 6.62. The second kappa shape index (κ2) is 3.56. The number of carboxylic acids is 1. The molecule has 0 saturated heterocycles. The van der Waals surface area contributed by atoms with Crippen molar-refractivity contribution in [3.63, 3.8) is 0 Å². The molecule has 1 aliphatic carbocycles. The number of rotatable bonds is 2. The molecule has 0 spiro atoms. The van der Waals surface area contributed by atoms with Crippen molar-refractivity contribution in [2.24, 2.45) is 11.8 Å². The fourth-order valence-electron chi connectivity index (χ4n) is 1.75. The minimum Gasteiger partial charge on any atom is -0.481 e. The van der Waals surface area contributed by atoms with Gasteiger partial charge in [-0.2, -0.15) is 0 Å². The molecule has 0 aliphatic heterocycles. The molecule has 2 atom stereocenters. The van der Waals surface area contributed by atoms with E-state index in [1.165, 1.54) is 0 Å². The summed E-state index contributed by atoms with van der Waals surface area (Å²) in [7, 11) is 0. The highest BCUT2D eigenvalue weighted by molar-refractivity contribution is 5.70. The summed E-state index contributed by atoms with van der Waals surface area (Å²) >= 11 is 0. The van der Waals surface area contributed by atoms with E-state index >= 15 is 0 Å². The highest BCUT2D eigenvalue weighted by Gasteiger charge is 2.28. The van der Waals surface area contributed by atoms with Crippen molar-refractivity contribution >= 4 is 5.97 Å². The Morgan fingerprint density at radius 2 is 2.09 bits per heavy atom. The first-order chi connectivity index (χ1) is 5.25. The molecule has 1 aliphatic rings. The number of allylic oxidation sites excluding steroid dienone is 1. The van der Waals surface area contributed by atoms with E-state index in [1.807, 2.05) is 0 Å². The van der Waals surface area contributed by atoms with Crippen molar-refractivity contribution in [3.8, 4) is 0 Å². The predicted octanol–water partition coefficient (Wildman–Crippen LogP) is 2.06. The average molecular weight is 154 g/mol. The Hall–Kier alpha value is -0.790. The lowest BCUT2D eigenvalue weighted by atomic mass is 9.79. The molecule has 0 aromatic rings. The van der Waals surface area contributed by atoms with Crippen molar-refractivity contribution in [3.05, 3.63) is 12.7 Å². The first-order valence-electron chi connectivity index (χ1n) is 4.11. The van der Waals surface area contributed by atoms with Gasteiger partial charge in [0.2, 0.25) is 0 Å². The van der Waals surface area contributed by atoms with Gasteiger partial charge in [0.1, 0.15) is 0 Å². The van der Waals surface area contributed by atoms with Crippen LogP contribution < -0.4 is 0 Å². The third-order valence-corrected chi connectivity index (χ3v) is 2.44. The van der Waals surface area contributed by atoms with Gasteiger partial charge < -0.3 is 5.11 Å². The van der Waals surface area contributed by atoms with E-state index in [9.17, 15) is 4.79 Å². The Labute approximate surface area is 66.9 Å². The van der Waals surface area contributed by atoms with Gasteiger partial charge in [0.05, 0.1) is 5.92 Å². The Bertz CT molecular complexity index is 163. The maximum Gasteiger partial charge on any atom is 0.307 e. The number of aliphatic carboxylic acids is 1. The molecule has 0 radical (unpaired) electrons. The molecule has 11 heavy (non-hydrogen) atoms. The van der Waals surface area contributed by atoms with Crippen LogP contribution in [0.5, 0.6) is 0 Å². The van der Waals surface area contributed by atoms with Gasteiger partial charge in [-0.25, -0.2) is 0 Å². The fourth-order valence-corrected chi connectivity index (χ4v) is 1.75. The summed E-state index contributed by atoms with van der Waals surface area (Å²) in [5, 5.41) is 8.79. The van der Waals surface area contributed by atoms with E-state index in [4.69, 9.17) is 5.11 Å². The molecule has 1 rings (SSSR count). The van der Waals surface area contributed by atoms with Gasteiger partial charge in [-0.3, -0.25) is 4.79 Å². The number of hydrogen-bond acceptors (Lipinski definition) is 1. The molecule has 1 saturated carbocycles. The second-order valence-corrected chi connectivity index (χ2v) is 3.13. The Kier molecular flexibility index (Phi) is 2.69. The van der Waals surface area contributed by atoms with Gasteiger partial charge in [0.15, 0.2) is 0 Å². The van der Waals surface area contributed by atoms with Crippen LogP contribution in [0.1, 0.15) is 25.7 Å². The van der Waals surface area contributed by atoms with Crippen LogP contribution in [-0.2, 0) is 4.79 Å². The van der Waals surface area contributed by atoms with E-state index in [-0.39, 0.29) is 11.8 Å². The van der Waals surface area contributed by atoms with Gasteiger partial charge in [-0.1, -0.05) is 18.9 Å². The molecule has 0 unspecified atom stereocenters. The number of carbonyl (C=O) groups is 1. The molecule has 2 nitrogen and oxygen atoms in total. The molecular weight excluding hydrogens is 140 g/mol. The molecular formula is C9H14O2. The molecule has 0 bridgehead atoms. The summed E-state index contributed by atoms with van der Waals surface area (Å²) in [6.07, 6.45) is 5.83. The maximum atomic E-state index is 10.7. The fraction of sp³-hybridized carbons (Fsp3) is 0.667. The van der Waals surface area contributed by atoms with Crippen LogP contribution in [0, 0.1) is 11.8 Å². The van der Waals surface area contributed by atoms with Crippen molar-refractivity contribution in [1.29, 1.82) is 0 Å². The van der Waals surface area contributed by atoms with E-state index in [2.05, 4.69) is 6.58 Å². The minimum absolute atomic E-state index is 0.166. The first-order valence-corrected chi connectivity index (χ1v) is 4.11. The van der Waals surface area contributed by atoms with Crippen molar-refractivity contribution in [1.82, 2.24) is 0 Å². The summed E-state index contributed by atoms with van der Waals surface area (Å²) in [4.78, 5) is 10.7. The monoisotopic (exact) mass is 154 g/mol. The molecule has 0 amide bonds. The SMILES string of the molecule is C=C[C@@H]1CCCC[C@@H]1C(=O)O. The maximum absolute atomic E-state index is 10.7. The lowest BCUT2D eigenvalue weighted by molar-refractivity contribution is -0.144. The van der Waals surface area contributed by atoms with Crippen molar-refractivity contribution in [2.75, 3.05) is 0 Å². The summed E-state index contributed by atoms with van der Waals surface area (Å²) in [6.45, 7) is 3.65. The second-order valence-electron chi connectivity index (χ2n) is 3.13. The van der Waals surface area contributed by atoms with Crippen LogP contribution in [0.25, 0.3) is 0 Å². The Balaban J connectivity index is 2.58. The third kappa shape index (κ3) is 1.82. The molecule has 0 aromatic heterocycles. The summed E-state index contributed by atoms with van der Waals surface area (Å²) in [6, 6.07) is 0. The normalized spacial score (nSPS) is 31.3. The lowest BCUT2D eigenvalue weighted by Gasteiger charge is -2.25. The average Bonchev–Trinajstić information content (AvgIpc) is 2.04. The summed E-state index contributed by atoms with van der Waals surface area (Å²) < 4.78 is 0. The van der Waals surface area contributed by atoms with Gasteiger partial charge in [-0.15, -0.1) is 6.58 Å². The zero-order valence-electron chi connectivity index (χ0n) is 6.62. The van der Waals surface area contributed by atoms with Crippen LogP contribution in [-0.4, -0.2) is 11.1 Å². The van der Waals surface area contributed by atoms with Crippen LogP contribution in [0.3, 0.4) is 0 Å². The summed E-state index contributed by atoms with van der Waals surface area (Å²) in [5.41, 5.74) is 0. The highest BCUT2D eigenvalue weighted by Crippen LogP contribution is 2.30. The molecule has 0 heterocycles. The van der Waals surface area contributed by atoms with Crippen LogP contribution in [0.4, 0.5) is 0 Å².